The van der Waals surface area contributed by atoms with Crippen molar-refractivity contribution in [1.29, 1.82) is 0 Å². The third-order valence-electron chi connectivity index (χ3n) is 11.9. The van der Waals surface area contributed by atoms with Crippen molar-refractivity contribution < 1.29 is 48.7 Å². The van der Waals surface area contributed by atoms with E-state index in [9.17, 15) is 48.7 Å². The highest BCUT2D eigenvalue weighted by Crippen LogP contribution is 2.42. The van der Waals surface area contributed by atoms with Crippen LogP contribution in [0, 0.1) is 5.41 Å². The molecule has 1 saturated heterocycles. The molecule has 1 atom stereocenters. The number of sulfone groups is 1. The second-order valence-electron chi connectivity index (χ2n) is 17.2. The van der Waals surface area contributed by atoms with Gasteiger partial charge >= 0.3 is 5.51 Å². The number of likely N-dealkylation sites (N-methyl/N-ethyl adjacent to an activating group) is 1. The Balaban J connectivity index is 1.27. The topological polar surface area (TPSA) is 139 Å². The van der Waals surface area contributed by atoms with Gasteiger partial charge in [0.1, 0.15) is 4.90 Å². The minimum atomic E-state index is -6.10. The first-order valence-corrected chi connectivity index (χ1v) is 25.6. The van der Waals surface area contributed by atoms with Gasteiger partial charge in [-0.3, -0.25) is 9.69 Å². The van der Waals surface area contributed by atoms with Gasteiger partial charge < -0.3 is 20.2 Å². The molecular weight excluding hydrogens is 910 g/mol. The summed E-state index contributed by atoms with van der Waals surface area (Å²) < 4.78 is 123. The first-order chi connectivity index (χ1) is 30.6. The van der Waals surface area contributed by atoms with Crippen LogP contribution in [0.1, 0.15) is 69.7 Å². The molecular formula is C46H60F5N5O6S3. The largest absolute Gasteiger partial charge is 0.501 e. The maximum atomic E-state index is 14.1. The van der Waals surface area contributed by atoms with E-state index >= 15 is 0 Å². The van der Waals surface area contributed by atoms with Crippen molar-refractivity contribution in [3.05, 3.63) is 102 Å². The van der Waals surface area contributed by atoms with E-state index < -0.39 is 59.2 Å². The van der Waals surface area contributed by atoms with Crippen molar-refractivity contribution in [3.63, 3.8) is 0 Å². The van der Waals surface area contributed by atoms with Crippen LogP contribution in [-0.4, -0.2) is 120 Å². The molecule has 5 rings (SSSR count). The minimum Gasteiger partial charge on any atom is -0.395 e. The number of carbonyl (C=O) groups excluding carboxylic acids is 1. The van der Waals surface area contributed by atoms with Crippen LogP contribution in [0.3, 0.4) is 0 Å². The quantitative estimate of drug-likeness (QED) is 0.0659. The number of hydrogen-bond acceptors (Lipinski definition) is 11. The van der Waals surface area contributed by atoms with E-state index in [1.54, 1.807) is 12.1 Å². The Labute approximate surface area is 384 Å². The average molecular weight is 970 g/mol. The van der Waals surface area contributed by atoms with E-state index in [2.05, 4.69) is 35.5 Å². The molecule has 0 radical (unpaired) electrons. The lowest BCUT2D eigenvalue weighted by Gasteiger charge is -2.39. The number of rotatable bonds is 22. The van der Waals surface area contributed by atoms with Gasteiger partial charge in [-0.15, -0.1) is 11.8 Å². The van der Waals surface area contributed by atoms with Crippen molar-refractivity contribution >= 4 is 48.9 Å². The number of aliphatic hydroxyl groups excluding tert-OH is 1. The number of nitrogens with one attached hydrogen (secondary N) is 2. The summed E-state index contributed by atoms with van der Waals surface area (Å²) in [7, 11) is -11.0. The number of alkyl halides is 5. The maximum absolute atomic E-state index is 14.1. The number of hydrogen-bond donors (Lipinski definition) is 3. The number of amides is 1. The van der Waals surface area contributed by atoms with Crippen molar-refractivity contribution in [2.24, 2.45) is 5.41 Å². The highest BCUT2D eigenvalue weighted by atomic mass is 32.2. The number of piperazine rings is 1. The minimum absolute atomic E-state index is 0.0507. The predicted molar refractivity (Wildman–Crippen MR) is 247 cm³/mol. The number of benzene rings is 3. The van der Waals surface area contributed by atoms with Gasteiger partial charge in [0.05, 0.1) is 17.2 Å². The zero-order chi connectivity index (χ0) is 47.6. The van der Waals surface area contributed by atoms with Crippen LogP contribution in [0.4, 0.5) is 33.3 Å². The molecule has 3 N–H and O–H groups in total. The molecule has 3 aromatic rings. The van der Waals surface area contributed by atoms with Gasteiger partial charge in [0.25, 0.3) is 25.8 Å². The van der Waals surface area contributed by atoms with Crippen LogP contribution >= 0.6 is 11.8 Å². The van der Waals surface area contributed by atoms with Crippen molar-refractivity contribution in [1.82, 2.24) is 14.5 Å². The summed E-state index contributed by atoms with van der Waals surface area (Å²) in [5.41, 5.74) is -2.28. The number of aliphatic hydroxyl groups is 1. The first-order valence-electron chi connectivity index (χ1n) is 21.7. The SMILES string of the molecule is C=C(CCC(F)F)C1=C(CN2CCN(c3ccc(C(=O)NS(=O)(=O)c4ccc(N[C@H](CCN(CC)CCO)CSc5ccccc5)c(S(=O)(=O)C(F)(F)F)c4)cc3)CC2)CCC(C)(C)C1. The lowest BCUT2D eigenvalue weighted by atomic mass is 9.72. The van der Waals surface area contributed by atoms with Crippen LogP contribution < -0.4 is 14.9 Å². The summed E-state index contributed by atoms with van der Waals surface area (Å²) in [6.45, 7) is 15.2. The molecule has 1 fully saturated rings. The van der Waals surface area contributed by atoms with Crippen LogP contribution in [0.2, 0.25) is 0 Å². The second-order valence-corrected chi connectivity index (χ2v) is 21.9. The van der Waals surface area contributed by atoms with E-state index in [0.29, 0.717) is 51.0 Å². The summed E-state index contributed by atoms with van der Waals surface area (Å²) in [6.07, 6.45) is 0.705. The van der Waals surface area contributed by atoms with Gasteiger partial charge in [0.2, 0.25) is 6.43 Å². The highest BCUT2D eigenvalue weighted by molar-refractivity contribution is 7.99. The third-order valence-corrected chi connectivity index (χ3v) is 15.9. The Morgan fingerprint density at radius 3 is 2.25 bits per heavy atom. The zero-order valence-corrected chi connectivity index (χ0v) is 39.5. The Hall–Kier alpha value is -4.01. The van der Waals surface area contributed by atoms with Gasteiger partial charge in [0.15, 0.2) is 0 Å². The normalized spacial score (nSPS) is 16.8. The van der Waals surface area contributed by atoms with Gasteiger partial charge in [-0.25, -0.2) is 30.3 Å². The molecule has 358 valence electrons. The van der Waals surface area contributed by atoms with E-state index in [-0.39, 0.29) is 30.4 Å². The molecule has 1 amide bonds. The average Bonchev–Trinajstić information content (AvgIpc) is 3.26. The maximum Gasteiger partial charge on any atom is 0.501 e. The molecule has 0 unspecified atom stereocenters. The molecule has 19 heteroatoms. The summed E-state index contributed by atoms with van der Waals surface area (Å²) in [5, 5.41) is 12.4. The van der Waals surface area contributed by atoms with Gasteiger partial charge in [-0.05, 0) is 104 Å². The summed E-state index contributed by atoms with van der Waals surface area (Å²) in [6, 6.07) is 17.1. The summed E-state index contributed by atoms with van der Waals surface area (Å²) >= 11 is 1.40. The molecule has 0 bridgehead atoms. The fourth-order valence-electron chi connectivity index (χ4n) is 7.99. The number of halogens is 5. The van der Waals surface area contributed by atoms with E-state index in [1.165, 1.54) is 29.5 Å². The highest BCUT2D eigenvalue weighted by Gasteiger charge is 2.48. The van der Waals surface area contributed by atoms with E-state index in [4.69, 9.17) is 0 Å². The third kappa shape index (κ3) is 14.5. The number of carbonyl (C=O) groups is 1. The number of thioether (sulfide) groups is 1. The first kappa shape index (κ1) is 52.0. The monoisotopic (exact) mass is 969 g/mol. The van der Waals surface area contributed by atoms with Crippen LogP contribution in [-0.2, 0) is 19.9 Å². The Morgan fingerprint density at radius 1 is 0.954 bits per heavy atom. The van der Waals surface area contributed by atoms with Crippen LogP contribution in [0.5, 0.6) is 0 Å². The number of sulfonamides is 1. The van der Waals surface area contributed by atoms with Crippen LogP contribution in [0.25, 0.3) is 0 Å². The number of allylic oxidation sites excluding steroid dienone is 2. The van der Waals surface area contributed by atoms with Crippen molar-refractivity contribution in [3.8, 4) is 0 Å². The van der Waals surface area contributed by atoms with E-state index in [1.807, 2.05) is 46.9 Å². The second kappa shape index (κ2) is 22.7. The standard InChI is InChI=1S/C46H60F5N5O6S3/c1-5-54(27-28-57)22-20-36(32-63-38-9-7-6-8-10-38)52-41-17-16-39(29-42(41)64(59,60)46(49,50)51)65(61,62)53-44(58)34-12-14-37(15-13-34)56-25-23-55(24-26-56)31-35-19-21-45(3,4)30-40(35)33(2)11-18-43(47)48/h6-10,12-17,29,36,43,52,57H,2,5,11,18-28,30-32H2,1,3-4H3,(H,53,58)/t36-/m1/s1. The molecule has 0 spiro atoms. The number of anilines is 2. The van der Waals surface area contributed by atoms with Crippen molar-refractivity contribution in [2.75, 3.05) is 74.9 Å². The molecule has 1 aliphatic heterocycles. The molecule has 11 nitrogen and oxygen atoms in total. The fourth-order valence-corrected chi connectivity index (χ4v) is 11.0. The molecule has 3 aromatic carbocycles. The summed E-state index contributed by atoms with van der Waals surface area (Å²) in [4.78, 5) is 18.4. The van der Waals surface area contributed by atoms with Gasteiger partial charge in [-0.2, -0.15) is 13.2 Å². The molecule has 0 saturated carbocycles. The summed E-state index contributed by atoms with van der Waals surface area (Å²) in [5.74, 6) is -0.763. The molecule has 0 aromatic heterocycles. The lowest BCUT2D eigenvalue weighted by Crippen LogP contribution is -2.47. The molecule has 1 heterocycles. The fraction of sp³-hybridized carbons (Fsp3) is 0.500. The van der Waals surface area contributed by atoms with E-state index in [0.717, 1.165) is 72.8 Å². The Morgan fingerprint density at radius 2 is 1.63 bits per heavy atom. The smallest absolute Gasteiger partial charge is 0.395 e. The molecule has 1 aliphatic carbocycles. The Bertz CT molecular complexity index is 2340. The van der Waals surface area contributed by atoms with Gasteiger partial charge in [-0.1, -0.05) is 56.7 Å². The zero-order valence-electron chi connectivity index (χ0n) is 37.0. The lowest BCUT2D eigenvalue weighted by molar-refractivity contribution is -0.0436. The number of nitrogens with zero attached hydrogens (tertiary/aromatic N) is 3. The predicted octanol–water partition coefficient (Wildman–Crippen LogP) is 8.61. The Kier molecular flexibility index (Phi) is 18.1. The van der Waals surface area contributed by atoms with Crippen LogP contribution in [0.15, 0.2) is 111 Å². The van der Waals surface area contributed by atoms with Crippen molar-refractivity contribution in [2.45, 2.75) is 92.0 Å². The van der Waals surface area contributed by atoms with Gasteiger partial charge in [0, 0.05) is 80.2 Å². The molecule has 2 aliphatic rings. The molecule has 65 heavy (non-hydrogen) atoms.